The molecule has 320 valence electrons. The van der Waals surface area contributed by atoms with Gasteiger partial charge in [0.2, 0.25) is 11.7 Å². The summed E-state index contributed by atoms with van der Waals surface area (Å²) < 4.78 is 40.4. The van der Waals surface area contributed by atoms with Gasteiger partial charge >= 0.3 is 0 Å². The molecule has 11 nitrogen and oxygen atoms in total. The topological polar surface area (TPSA) is 136 Å². The van der Waals surface area contributed by atoms with E-state index in [1.54, 1.807) is 36.4 Å². The van der Waals surface area contributed by atoms with E-state index in [1.807, 2.05) is 30.0 Å². The molecule has 0 aromatic heterocycles. The van der Waals surface area contributed by atoms with Crippen molar-refractivity contribution in [2.75, 3.05) is 33.5 Å². The molecule has 1 heterocycles. The smallest absolute Gasteiger partial charge is 0.239 e. The number of aldehydes is 1. The Balaban J connectivity index is 1.44. The van der Waals surface area contributed by atoms with Crippen LogP contribution in [0.25, 0.3) is 0 Å². The SMILES string of the molecule is C=CCOC12Oc3ccc(Oc4ccc(OC)c(C=O)c4)cc3C3C(CCCCO)C(CCCCO)C=C(C(=NOCC)CC1N(Cc1ccc(F)cc1)C(=O)C1CC1)C32. The van der Waals surface area contributed by atoms with E-state index in [0.29, 0.717) is 53.7 Å². The van der Waals surface area contributed by atoms with Crippen LogP contribution in [0.1, 0.15) is 92.1 Å². The maximum absolute atomic E-state index is 14.7. The Hall–Kier alpha value is -5.04. The van der Waals surface area contributed by atoms with E-state index in [1.165, 1.54) is 19.2 Å². The molecule has 3 aromatic carbocycles. The van der Waals surface area contributed by atoms with Crippen molar-refractivity contribution in [1.82, 2.24) is 4.90 Å². The summed E-state index contributed by atoms with van der Waals surface area (Å²) in [4.78, 5) is 34.3. The summed E-state index contributed by atoms with van der Waals surface area (Å²) in [6.07, 6.45) is 11.0. The molecule has 3 aliphatic carbocycles. The van der Waals surface area contributed by atoms with Crippen molar-refractivity contribution in [2.45, 2.75) is 89.0 Å². The molecule has 0 bridgehead atoms. The summed E-state index contributed by atoms with van der Waals surface area (Å²) in [5, 5.41) is 24.6. The fourth-order valence-corrected chi connectivity index (χ4v) is 9.55. The molecule has 1 amide bonds. The molecule has 0 radical (unpaired) electrons. The van der Waals surface area contributed by atoms with Gasteiger partial charge < -0.3 is 38.9 Å². The number of aliphatic hydroxyl groups is 2. The van der Waals surface area contributed by atoms with E-state index in [2.05, 4.69) is 12.7 Å². The molecule has 2 fully saturated rings. The fraction of sp³-hybridized carbons (Fsp3) is 0.479. The summed E-state index contributed by atoms with van der Waals surface area (Å²) in [5.74, 6) is -0.575. The zero-order valence-electron chi connectivity index (χ0n) is 34.6. The predicted octanol–water partition coefficient (Wildman–Crippen LogP) is 8.53. The van der Waals surface area contributed by atoms with E-state index in [4.69, 9.17) is 28.9 Å². The molecule has 2 N–H and O–H groups in total. The van der Waals surface area contributed by atoms with E-state index >= 15 is 0 Å². The van der Waals surface area contributed by atoms with Gasteiger partial charge in [0.25, 0.3) is 0 Å². The highest BCUT2D eigenvalue weighted by Gasteiger charge is 2.66. The average molecular weight is 825 g/mol. The number of fused-ring (bicyclic) bond motifs is 2. The largest absolute Gasteiger partial charge is 0.496 e. The second-order valence-corrected chi connectivity index (χ2v) is 16.2. The number of ether oxygens (including phenoxy) is 4. The van der Waals surface area contributed by atoms with E-state index in [0.717, 1.165) is 61.5 Å². The van der Waals surface area contributed by atoms with Crippen molar-refractivity contribution < 1.29 is 48.0 Å². The van der Waals surface area contributed by atoms with Crippen LogP contribution in [0, 0.1) is 29.5 Å². The van der Waals surface area contributed by atoms with Gasteiger partial charge in [-0.15, -0.1) is 6.58 Å². The quantitative estimate of drug-likeness (QED) is 0.0469. The van der Waals surface area contributed by atoms with Crippen molar-refractivity contribution in [1.29, 1.82) is 0 Å². The monoisotopic (exact) mass is 824 g/mol. The average Bonchev–Trinajstić information content (AvgIpc) is 4.12. The summed E-state index contributed by atoms with van der Waals surface area (Å²) in [5.41, 5.74) is 3.68. The number of nitrogens with zero attached hydrogens (tertiary/aromatic N) is 2. The number of methoxy groups -OCH3 is 1. The fourth-order valence-electron chi connectivity index (χ4n) is 9.55. The lowest BCUT2D eigenvalue weighted by molar-refractivity contribution is -0.258. The number of benzene rings is 3. The van der Waals surface area contributed by atoms with Crippen LogP contribution >= 0.6 is 0 Å². The first-order valence-corrected chi connectivity index (χ1v) is 21.3. The minimum Gasteiger partial charge on any atom is -0.496 e. The number of oxime groups is 1. The van der Waals surface area contributed by atoms with E-state index in [-0.39, 0.29) is 68.2 Å². The van der Waals surface area contributed by atoms with Gasteiger partial charge in [-0.25, -0.2) is 4.39 Å². The molecule has 6 unspecified atom stereocenters. The van der Waals surface area contributed by atoms with Gasteiger partial charge in [-0.3, -0.25) is 9.59 Å². The van der Waals surface area contributed by atoms with Gasteiger partial charge in [0.15, 0.2) is 6.29 Å². The summed E-state index contributed by atoms with van der Waals surface area (Å²) in [7, 11) is 1.51. The first-order valence-electron chi connectivity index (χ1n) is 21.3. The Labute approximate surface area is 351 Å². The zero-order chi connectivity index (χ0) is 42.2. The lowest BCUT2D eigenvalue weighted by Crippen LogP contribution is -2.70. The molecular formula is C48H57FN2O9. The number of carbonyl (C=O) groups excluding carboxylic acids is 2. The van der Waals surface area contributed by atoms with E-state index in [9.17, 15) is 24.2 Å². The minimum absolute atomic E-state index is 0.0184. The first kappa shape index (κ1) is 43.1. The Kier molecular flexibility index (Phi) is 14.0. The lowest BCUT2D eigenvalue weighted by Gasteiger charge is -2.60. The van der Waals surface area contributed by atoms with Gasteiger partial charge in [-0.05, 0) is 117 Å². The molecule has 2 saturated carbocycles. The molecule has 4 aliphatic rings. The third kappa shape index (κ3) is 9.01. The minimum atomic E-state index is -1.42. The van der Waals surface area contributed by atoms with Gasteiger partial charge in [0.1, 0.15) is 41.5 Å². The number of allylic oxidation sites excluding steroid dienone is 1. The van der Waals surface area contributed by atoms with Crippen molar-refractivity contribution >= 4 is 17.9 Å². The molecule has 0 spiro atoms. The van der Waals surface area contributed by atoms with Crippen LogP contribution in [-0.2, 0) is 20.9 Å². The normalized spacial score (nSPS) is 24.6. The number of rotatable bonds is 21. The van der Waals surface area contributed by atoms with Gasteiger partial charge in [0.05, 0.1) is 30.9 Å². The Morgan fingerprint density at radius 2 is 1.75 bits per heavy atom. The number of aliphatic hydroxyl groups excluding tert-OH is 2. The number of carbonyl (C=O) groups is 2. The van der Waals surface area contributed by atoms with Crippen LogP contribution in [0.4, 0.5) is 4.39 Å². The van der Waals surface area contributed by atoms with Crippen LogP contribution in [-0.4, -0.2) is 78.4 Å². The highest BCUT2D eigenvalue weighted by atomic mass is 19.1. The van der Waals surface area contributed by atoms with Crippen molar-refractivity contribution in [3.05, 3.63) is 107 Å². The Morgan fingerprint density at radius 1 is 1.02 bits per heavy atom. The van der Waals surface area contributed by atoms with Crippen LogP contribution in [0.5, 0.6) is 23.0 Å². The van der Waals surface area contributed by atoms with Gasteiger partial charge in [0, 0.05) is 43.6 Å². The Morgan fingerprint density at radius 3 is 2.43 bits per heavy atom. The third-order valence-corrected chi connectivity index (χ3v) is 12.4. The van der Waals surface area contributed by atoms with Crippen molar-refractivity contribution in [2.24, 2.45) is 28.8 Å². The standard InChI is InChI=1S/C48H57FN2O9/c1-4-24-57-48-44(51(47(55)32-14-15-32)29-31-12-16-35(49)17-13-31)28-41(50-58-5-2)39-26-33(10-6-8-22-52)38(11-7-9-23-53)45(46(39)48)40-27-37(19-21-43(40)60-48)59-36-18-20-42(56-3)34(25-36)30-54/h4,12-13,16-21,25-27,30,32-33,38,44-46,52-53H,1,5-11,14-15,22-24,28-29H2,2-3H3. The molecule has 3 aromatic rings. The number of amides is 1. The molecule has 1 aliphatic heterocycles. The molecule has 12 heteroatoms. The first-order chi connectivity index (χ1) is 29.3. The summed E-state index contributed by atoms with van der Waals surface area (Å²) in [6.45, 7) is 6.74. The maximum atomic E-state index is 14.7. The van der Waals surface area contributed by atoms with Crippen LogP contribution in [0.15, 0.2) is 90.1 Å². The third-order valence-electron chi connectivity index (χ3n) is 12.4. The molecule has 60 heavy (non-hydrogen) atoms. The highest BCUT2D eigenvalue weighted by Crippen LogP contribution is 2.62. The van der Waals surface area contributed by atoms with Gasteiger partial charge in [-0.1, -0.05) is 42.3 Å². The van der Waals surface area contributed by atoms with Crippen molar-refractivity contribution in [3.8, 4) is 23.0 Å². The van der Waals surface area contributed by atoms with Crippen LogP contribution in [0.2, 0.25) is 0 Å². The molecule has 6 atom stereocenters. The second-order valence-electron chi connectivity index (χ2n) is 16.2. The summed E-state index contributed by atoms with van der Waals surface area (Å²) >= 11 is 0. The highest BCUT2D eigenvalue weighted by molar-refractivity contribution is 6.03. The molecule has 0 saturated heterocycles. The van der Waals surface area contributed by atoms with Gasteiger partial charge in [-0.2, -0.15) is 0 Å². The number of unbranched alkanes of at least 4 members (excludes halogenated alkanes) is 2. The second kappa shape index (κ2) is 19.6. The molecular weight excluding hydrogens is 768 g/mol. The zero-order valence-corrected chi connectivity index (χ0v) is 34.6. The maximum Gasteiger partial charge on any atom is 0.239 e. The number of halogens is 1. The van der Waals surface area contributed by atoms with Crippen LogP contribution < -0.4 is 14.2 Å². The predicted molar refractivity (Wildman–Crippen MR) is 225 cm³/mol. The number of hydrogen-bond acceptors (Lipinski definition) is 10. The Bertz CT molecular complexity index is 2050. The van der Waals surface area contributed by atoms with Crippen molar-refractivity contribution in [3.63, 3.8) is 0 Å². The molecule has 7 rings (SSSR count). The van der Waals surface area contributed by atoms with Crippen LogP contribution in [0.3, 0.4) is 0 Å². The summed E-state index contributed by atoms with van der Waals surface area (Å²) in [6, 6.07) is 16.4. The number of hydrogen-bond donors (Lipinski definition) is 2. The lowest BCUT2D eigenvalue weighted by atomic mass is 9.55. The van der Waals surface area contributed by atoms with E-state index < -0.39 is 17.7 Å².